The van der Waals surface area contributed by atoms with Crippen LogP contribution in [-0.4, -0.2) is 66.4 Å². The fourth-order valence-corrected chi connectivity index (χ4v) is 2.36. The summed E-state index contributed by atoms with van der Waals surface area (Å²) in [7, 11) is 0. The normalized spacial score (nSPS) is 18.3. The molecule has 1 saturated heterocycles. The van der Waals surface area contributed by atoms with E-state index >= 15 is 0 Å². The van der Waals surface area contributed by atoms with Crippen LogP contribution in [0.4, 0.5) is 17.6 Å². The average Bonchev–Trinajstić information content (AvgIpc) is 2.47. The molecule has 1 aliphatic rings. The summed E-state index contributed by atoms with van der Waals surface area (Å²) in [5.41, 5.74) is 0.990. The van der Waals surface area contributed by atoms with Gasteiger partial charge >= 0.3 is 12.3 Å². The number of nitrogens with zero attached hydrogens (tertiary/aromatic N) is 3. The molecule has 0 radical (unpaired) electrons. The minimum absolute atomic E-state index is 0.393. The maximum Gasteiger partial charge on any atom is 0.319 e. The third kappa shape index (κ3) is 4.93. The van der Waals surface area contributed by atoms with Crippen LogP contribution in [0.5, 0.6) is 0 Å². The van der Waals surface area contributed by atoms with E-state index < -0.39 is 18.9 Å². The molecule has 21 heavy (non-hydrogen) atoms. The van der Waals surface area contributed by atoms with Gasteiger partial charge in [0.05, 0.1) is 6.54 Å². The lowest BCUT2D eigenvalue weighted by atomic mass is 10.2. The molecule has 0 atom stereocenters. The lowest BCUT2D eigenvalue weighted by molar-refractivity contribution is -0.144. The van der Waals surface area contributed by atoms with Crippen molar-refractivity contribution in [2.45, 2.75) is 18.8 Å². The summed E-state index contributed by atoms with van der Waals surface area (Å²) < 4.78 is 50.3. The van der Waals surface area contributed by atoms with E-state index in [0.29, 0.717) is 26.2 Å². The highest BCUT2D eigenvalue weighted by Crippen LogP contribution is 2.24. The molecule has 0 N–H and O–H groups in total. The van der Waals surface area contributed by atoms with Gasteiger partial charge in [-0.1, -0.05) is 6.07 Å². The topological polar surface area (TPSA) is 19.4 Å². The Morgan fingerprint density at radius 3 is 2.33 bits per heavy atom. The molecule has 0 bridgehead atoms. The van der Waals surface area contributed by atoms with Gasteiger partial charge in [-0.15, -0.1) is 0 Å². The van der Waals surface area contributed by atoms with E-state index in [1.807, 2.05) is 18.2 Å². The molecule has 1 aromatic rings. The van der Waals surface area contributed by atoms with Crippen LogP contribution in [0.25, 0.3) is 0 Å². The predicted molar refractivity (Wildman–Crippen MR) is 71.8 cm³/mol. The quantitative estimate of drug-likeness (QED) is 0.751. The van der Waals surface area contributed by atoms with Crippen LogP contribution in [0.2, 0.25) is 0 Å². The Morgan fingerprint density at radius 2 is 1.76 bits per heavy atom. The molecule has 0 spiro atoms. The maximum absolute atomic E-state index is 13.0. The van der Waals surface area contributed by atoms with Gasteiger partial charge in [-0.2, -0.15) is 8.78 Å². The third-order valence-corrected chi connectivity index (χ3v) is 3.63. The molecule has 1 aliphatic heterocycles. The second-order valence-electron chi connectivity index (χ2n) is 5.25. The summed E-state index contributed by atoms with van der Waals surface area (Å²) in [6, 6.07) is 5.72. The summed E-state index contributed by atoms with van der Waals surface area (Å²) in [6.45, 7) is 1.96. The number of hydrogen-bond acceptors (Lipinski definition) is 3. The van der Waals surface area contributed by atoms with Gasteiger partial charge in [0.25, 0.3) is 0 Å². The van der Waals surface area contributed by atoms with Crippen molar-refractivity contribution >= 4 is 0 Å². The smallest absolute Gasteiger partial charge is 0.300 e. The molecule has 1 aromatic heterocycles. The summed E-state index contributed by atoms with van der Waals surface area (Å²) in [6.07, 6.45) is -1.06. The highest BCUT2D eigenvalue weighted by Gasteiger charge is 2.42. The number of rotatable bonds is 6. The van der Waals surface area contributed by atoms with Crippen molar-refractivity contribution in [2.24, 2.45) is 0 Å². The van der Waals surface area contributed by atoms with Gasteiger partial charge in [0.2, 0.25) is 0 Å². The zero-order chi connectivity index (χ0) is 15.3. The molecule has 0 amide bonds. The van der Waals surface area contributed by atoms with Gasteiger partial charge in [0, 0.05) is 51.0 Å². The fourth-order valence-electron chi connectivity index (χ4n) is 2.36. The Kier molecular flexibility index (Phi) is 5.52. The fraction of sp³-hybridized carbons (Fsp3) is 0.643. The van der Waals surface area contributed by atoms with E-state index in [2.05, 4.69) is 9.88 Å². The Balaban J connectivity index is 1.71. The van der Waals surface area contributed by atoms with Crippen LogP contribution in [0.3, 0.4) is 0 Å². The molecule has 0 aromatic carbocycles. The number of pyridine rings is 1. The first-order valence-corrected chi connectivity index (χ1v) is 6.98. The Bertz CT molecular complexity index is 419. The minimum Gasteiger partial charge on any atom is -0.300 e. The minimum atomic E-state index is -3.92. The summed E-state index contributed by atoms with van der Waals surface area (Å²) >= 11 is 0. The van der Waals surface area contributed by atoms with E-state index in [4.69, 9.17) is 0 Å². The van der Waals surface area contributed by atoms with Gasteiger partial charge in [0.15, 0.2) is 0 Å². The third-order valence-electron chi connectivity index (χ3n) is 3.63. The van der Waals surface area contributed by atoms with Crippen LogP contribution >= 0.6 is 0 Å². The highest BCUT2D eigenvalue weighted by atomic mass is 19.3. The van der Waals surface area contributed by atoms with E-state index in [1.54, 1.807) is 6.20 Å². The SMILES string of the molecule is FC(F)C(F)(F)CN1CCN(CCc2ccccn2)CC1. The zero-order valence-electron chi connectivity index (χ0n) is 11.7. The number of piperazine rings is 1. The first-order chi connectivity index (χ1) is 9.97. The maximum atomic E-state index is 13.0. The molecular weight excluding hydrogens is 286 g/mol. The number of aromatic nitrogens is 1. The Labute approximate surface area is 121 Å². The molecule has 0 saturated carbocycles. The van der Waals surface area contributed by atoms with Gasteiger partial charge in [-0.25, -0.2) is 8.78 Å². The standard InChI is InChI=1S/C14H19F4N3/c15-13(16)14(17,18)11-21-9-7-20(8-10-21)6-4-12-3-1-2-5-19-12/h1-3,5,13H,4,6-11H2. The van der Waals surface area contributed by atoms with E-state index in [0.717, 1.165) is 18.7 Å². The molecule has 2 heterocycles. The molecule has 118 valence electrons. The average molecular weight is 305 g/mol. The molecule has 3 nitrogen and oxygen atoms in total. The van der Waals surface area contributed by atoms with Crippen molar-refractivity contribution in [2.75, 3.05) is 39.3 Å². The first-order valence-electron chi connectivity index (χ1n) is 6.98. The summed E-state index contributed by atoms with van der Waals surface area (Å²) in [5, 5.41) is 0. The van der Waals surface area contributed by atoms with E-state index in [-0.39, 0.29) is 0 Å². The number of hydrogen-bond donors (Lipinski definition) is 0. The van der Waals surface area contributed by atoms with E-state index in [9.17, 15) is 17.6 Å². The summed E-state index contributed by atoms with van der Waals surface area (Å²) in [4.78, 5) is 7.78. The summed E-state index contributed by atoms with van der Waals surface area (Å²) in [5.74, 6) is -3.92. The molecular formula is C14H19F4N3. The van der Waals surface area contributed by atoms with Gasteiger partial charge in [-0.3, -0.25) is 9.88 Å². The van der Waals surface area contributed by atoms with Gasteiger partial charge < -0.3 is 4.90 Å². The second kappa shape index (κ2) is 7.17. The predicted octanol–water partition coefficient (Wildman–Crippen LogP) is 2.14. The lowest BCUT2D eigenvalue weighted by Crippen LogP contribution is -2.51. The van der Waals surface area contributed by atoms with Crippen LogP contribution in [0.1, 0.15) is 5.69 Å². The van der Waals surface area contributed by atoms with Crippen LogP contribution in [0.15, 0.2) is 24.4 Å². The number of alkyl halides is 4. The van der Waals surface area contributed by atoms with Crippen molar-refractivity contribution in [3.8, 4) is 0 Å². The first kappa shape index (κ1) is 16.2. The zero-order valence-corrected chi connectivity index (χ0v) is 11.7. The van der Waals surface area contributed by atoms with Crippen LogP contribution in [-0.2, 0) is 6.42 Å². The van der Waals surface area contributed by atoms with Crippen LogP contribution in [0, 0.1) is 0 Å². The molecule has 2 rings (SSSR count). The molecule has 0 aliphatic carbocycles. The Morgan fingerprint density at radius 1 is 1.10 bits per heavy atom. The highest BCUT2D eigenvalue weighted by molar-refractivity contribution is 5.03. The van der Waals surface area contributed by atoms with Crippen molar-refractivity contribution in [3.63, 3.8) is 0 Å². The Hall–Kier alpha value is -1.21. The monoisotopic (exact) mass is 305 g/mol. The lowest BCUT2D eigenvalue weighted by Gasteiger charge is -2.36. The van der Waals surface area contributed by atoms with Crippen molar-refractivity contribution in [1.29, 1.82) is 0 Å². The van der Waals surface area contributed by atoms with Crippen molar-refractivity contribution in [3.05, 3.63) is 30.1 Å². The van der Waals surface area contributed by atoms with Gasteiger partial charge in [-0.05, 0) is 12.1 Å². The number of halogens is 4. The molecule has 0 unspecified atom stereocenters. The van der Waals surface area contributed by atoms with Crippen molar-refractivity contribution in [1.82, 2.24) is 14.8 Å². The van der Waals surface area contributed by atoms with Crippen molar-refractivity contribution < 1.29 is 17.6 Å². The van der Waals surface area contributed by atoms with Gasteiger partial charge in [0.1, 0.15) is 0 Å². The van der Waals surface area contributed by atoms with Crippen LogP contribution < -0.4 is 0 Å². The largest absolute Gasteiger partial charge is 0.319 e. The van der Waals surface area contributed by atoms with E-state index in [1.165, 1.54) is 4.90 Å². The second-order valence-corrected chi connectivity index (χ2v) is 5.25. The molecule has 7 heteroatoms. The molecule has 1 fully saturated rings.